The molecule has 2 bridgehead atoms. The number of halogens is 1. The molecule has 2 aliphatic rings. The lowest BCUT2D eigenvalue weighted by Crippen LogP contribution is -2.46. The lowest BCUT2D eigenvalue weighted by atomic mass is 10.2. The molecule has 1 amide bonds. The van der Waals surface area contributed by atoms with Crippen LogP contribution in [-0.4, -0.2) is 40.7 Å². The summed E-state index contributed by atoms with van der Waals surface area (Å²) in [5.41, 5.74) is 0.767. The summed E-state index contributed by atoms with van der Waals surface area (Å²) in [6, 6.07) is 2.20. The van der Waals surface area contributed by atoms with Crippen LogP contribution in [0.3, 0.4) is 0 Å². The second-order valence-corrected chi connectivity index (χ2v) is 6.63. The van der Waals surface area contributed by atoms with Crippen molar-refractivity contribution in [1.29, 1.82) is 0 Å². The average Bonchev–Trinajstić information content (AvgIpc) is 2.91. The molecule has 2 unspecified atom stereocenters. The molecule has 0 saturated carbocycles. The average molecular weight is 327 g/mol. The van der Waals surface area contributed by atoms with E-state index in [1.807, 2.05) is 21.7 Å². The van der Waals surface area contributed by atoms with Gasteiger partial charge in [-0.05, 0) is 48.7 Å². The van der Waals surface area contributed by atoms with Crippen molar-refractivity contribution in [3.8, 4) is 0 Å². The highest BCUT2D eigenvalue weighted by atomic mass is 79.9. The quantitative estimate of drug-likeness (QED) is 0.837. The minimum absolute atomic E-state index is 0.125. The maximum atomic E-state index is 12.7. The molecule has 1 aromatic heterocycles. The number of aromatic nitrogens is 1. The van der Waals surface area contributed by atoms with E-state index in [1.165, 1.54) is 0 Å². The van der Waals surface area contributed by atoms with Crippen molar-refractivity contribution in [2.24, 2.45) is 0 Å². The Bertz CT molecular complexity index is 486. The standard InChI is InChI=1S/C14H19BrN2O2/c1-9(2)17-6-10(15)5-13(17)14(18)16-7-11-3-4-12(8-16)19-11/h5-6,9,11-12H,3-4,7-8H2,1-2H3. The predicted molar refractivity (Wildman–Crippen MR) is 76.3 cm³/mol. The number of hydrogen-bond acceptors (Lipinski definition) is 2. The third kappa shape index (κ3) is 2.46. The van der Waals surface area contributed by atoms with Gasteiger partial charge in [0.15, 0.2) is 0 Å². The Morgan fingerprint density at radius 3 is 2.58 bits per heavy atom. The Kier molecular flexibility index (Phi) is 3.43. The van der Waals surface area contributed by atoms with Gasteiger partial charge in [0, 0.05) is 29.8 Å². The summed E-state index contributed by atoms with van der Waals surface area (Å²) >= 11 is 3.46. The number of morpholine rings is 1. The Balaban J connectivity index is 1.84. The zero-order chi connectivity index (χ0) is 13.6. The van der Waals surface area contributed by atoms with Gasteiger partial charge in [-0.3, -0.25) is 4.79 Å². The molecule has 0 aromatic carbocycles. The fourth-order valence-corrected chi connectivity index (χ4v) is 3.42. The van der Waals surface area contributed by atoms with Crippen LogP contribution in [0.1, 0.15) is 43.2 Å². The lowest BCUT2D eigenvalue weighted by Gasteiger charge is -2.32. The van der Waals surface area contributed by atoms with Crippen molar-refractivity contribution in [3.63, 3.8) is 0 Å². The number of fused-ring (bicyclic) bond motifs is 2. The summed E-state index contributed by atoms with van der Waals surface area (Å²) in [5, 5.41) is 0. The molecule has 0 N–H and O–H groups in total. The van der Waals surface area contributed by atoms with E-state index in [2.05, 4.69) is 29.8 Å². The van der Waals surface area contributed by atoms with Gasteiger partial charge in [-0.25, -0.2) is 0 Å². The second-order valence-electron chi connectivity index (χ2n) is 5.71. The monoisotopic (exact) mass is 326 g/mol. The molecule has 4 nitrogen and oxygen atoms in total. The van der Waals surface area contributed by atoms with Crippen molar-refractivity contribution < 1.29 is 9.53 Å². The summed E-state index contributed by atoms with van der Waals surface area (Å²) in [5.74, 6) is 0.125. The highest BCUT2D eigenvalue weighted by molar-refractivity contribution is 9.10. The Hall–Kier alpha value is -0.810. The summed E-state index contributed by atoms with van der Waals surface area (Å²) in [6.45, 7) is 5.64. The van der Waals surface area contributed by atoms with E-state index in [9.17, 15) is 4.79 Å². The van der Waals surface area contributed by atoms with E-state index in [0.29, 0.717) is 0 Å². The van der Waals surface area contributed by atoms with Gasteiger partial charge < -0.3 is 14.2 Å². The minimum atomic E-state index is 0.125. The van der Waals surface area contributed by atoms with Crippen LogP contribution in [0.5, 0.6) is 0 Å². The molecule has 5 heteroatoms. The summed E-state index contributed by atoms with van der Waals surface area (Å²) in [4.78, 5) is 14.6. The van der Waals surface area contributed by atoms with Gasteiger partial charge in [-0.1, -0.05) is 0 Å². The van der Waals surface area contributed by atoms with E-state index in [4.69, 9.17) is 4.74 Å². The SMILES string of the molecule is CC(C)n1cc(Br)cc1C(=O)N1CC2CCC(C1)O2. The van der Waals surface area contributed by atoms with Crippen LogP contribution in [0.15, 0.2) is 16.7 Å². The Labute approximate surface area is 121 Å². The van der Waals surface area contributed by atoms with Crippen molar-refractivity contribution in [2.45, 2.75) is 44.9 Å². The van der Waals surface area contributed by atoms with Gasteiger partial charge in [0.1, 0.15) is 5.69 Å². The summed E-state index contributed by atoms with van der Waals surface area (Å²) in [6.07, 6.45) is 4.64. The molecule has 2 aliphatic heterocycles. The maximum absolute atomic E-state index is 12.7. The number of amides is 1. The third-order valence-corrected chi connectivity index (χ3v) is 4.36. The maximum Gasteiger partial charge on any atom is 0.270 e. The number of hydrogen-bond donors (Lipinski definition) is 0. The Morgan fingerprint density at radius 2 is 2.00 bits per heavy atom. The van der Waals surface area contributed by atoms with Crippen molar-refractivity contribution >= 4 is 21.8 Å². The minimum Gasteiger partial charge on any atom is -0.371 e. The van der Waals surface area contributed by atoms with Crippen LogP contribution < -0.4 is 0 Å². The molecule has 2 fully saturated rings. The zero-order valence-electron chi connectivity index (χ0n) is 11.3. The molecule has 2 saturated heterocycles. The van der Waals surface area contributed by atoms with Crippen LogP contribution in [0.2, 0.25) is 0 Å². The first kappa shape index (κ1) is 13.2. The number of nitrogens with zero attached hydrogens (tertiary/aromatic N) is 2. The van der Waals surface area contributed by atoms with E-state index in [1.54, 1.807) is 0 Å². The third-order valence-electron chi connectivity index (χ3n) is 3.92. The topological polar surface area (TPSA) is 34.5 Å². The van der Waals surface area contributed by atoms with E-state index in [0.717, 1.165) is 36.1 Å². The molecule has 2 atom stereocenters. The normalized spacial score (nSPS) is 26.2. The highest BCUT2D eigenvalue weighted by Crippen LogP contribution is 2.28. The van der Waals surface area contributed by atoms with Crippen LogP contribution in [-0.2, 0) is 4.74 Å². The summed E-state index contributed by atoms with van der Waals surface area (Å²) in [7, 11) is 0. The molecule has 0 radical (unpaired) electrons. The van der Waals surface area contributed by atoms with Gasteiger partial charge in [-0.15, -0.1) is 0 Å². The van der Waals surface area contributed by atoms with Gasteiger partial charge >= 0.3 is 0 Å². The van der Waals surface area contributed by atoms with Gasteiger partial charge in [0.25, 0.3) is 5.91 Å². The number of carbonyl (C=O) groups is 1. The van der Waals surface area contributed by atoms with Crippen LogP contribution in [0.4, 0.5) is 0 Å². The van der Waals surface area contributed by atoms with Crippen molar-refractivity contribution in [3.05, 3.63) is 22.4 Å². The van der Waals surface area contributed by atoms with E-state index < -0.39 is 0 Å². The van der Waals surface area contributed by atoms with Crippen molar-refractivity contribution in [2.75, 3.05) is 13.1 Å². The number of ether oxygens (including phenoxy) is 1. The molecule has 0 aliphatic carbocycles. The molecular weight excluding hydrogens is 308 g/mol. The van der Waals surface area contributed by atoms with Gasteiger partial charge in [0.05, 0.1) is 12.2 Å². The van der Waals surface area contributed by atoms with Gasteiger partial charge in [0.2, 0.25) is 0 Å². The fourth-order valence-electron chi connectivity index (χ4n) is 2.99. The molecule has 19 heavy (non-hydrogen) atoms. The van der Waals surface area contributed by atoms with E-state index in [-0.39, 0.29) is 24.2 Å². The first-order valence-corrected chi connectivity index (χ1v) is 7.66. The molecule has 104 valence electrons. The largest absolute Gasteiger partial charge is 0.371 e. The van der Waals surface area contributed by atoms with Crippen LogP contribution in [0, 0.1) is 0 Å². The second kappa shape index (κ2) is 4.94. The molecular formula is C14H19BrN2O2. The number of rotatable bonds is 2. The van der Waals surface area contributed by atoms with E-state index >= 15 is 0 Å². The van der Waals surface area contributed by atoms with Gasteiger partial charge in [-0.2, -0.15) is 0 Å². The smallest absolute Gasteiger partial charge is 0.270 e. The van der Waals surface area contributed by atoms with Crippen LogP contribution in [0.25, 0.3) is 0 Å². The molecule has 1 aromatic rings. The molecule has 3 rings (SSSR count). The molecule has 3 heterocycles. The van der Waals surface area contributed by atoms with Crippen molar-refractivity contribution in [1.82, 2.24) is 9.47 Å². The highest BCUT2D eigenvalue weighted by Gasteiger charge is 2.36. The first-order chi connectivity index (χ1) is 9.04. The lowest BCUT2D eigenvalue weighted by molar-refractivity contribution is -0.0307. The first-order valence-electron chi connectivity index (χ1n) is 6.86. The van der Waals surface area contributed by atoms with Crippen LogP contribution >= 0.6 is 15.9 Å². The number of carbonyl (C=O) groups excluding carboxylic acids is 1. The fraction of sp³-hybridized carbons (Fsp3) is 0.643. The number of likely N-dealkylation sites (tertiary alicyclic amines) is 1. The summed E-state index contributed by atoms with van der Waals surface area (Å²) < 4.78 is 8.78. The molecule has 0 spiro atoms. The Morgan fingerprint density at radius 1 is 1.37 bits per heavy atom. The predicted octanol–water partition coefficient (Wildman–Crippen LogP) is 2.83. The zero-order valence-corrected chi connectivity index (χ0v) is 12.9.